The van der Waals surface area contributed by atoms with Crippen molar-refractivity contribution in [3.63, 3.8) is 0 Å². The highest BCUT2D eigenvalue weighted by molar-refractivity contribution is 7.89. The first kappa shape index (κ1) is 21.1. The molecule has 8 heteroatoms. The molecule has 0 N–H and O–H groups in total. The maximum absolute atomic E-state index is 13.2. The largest absolute Gasteiger partial charge is 0.495 e. The van der Waals surface area contributed by atoms with E-state index in [9.17, 15) is 13.2 Å². The van der Waals surface area contributed by atoms with E-state index in [1.165, 1.54) is 30.6 Å². The van der Waals surface area contributed by atoms with Crippen LogP contribution in [0.15, 0.2) is 47.4 Å². The minimum atomic E-state index is -3.78. The van der Waals surface area contributed by atoms with Gasteiger partial charge in [-0.25, -0.2) is 8.42 Å². The van der Waals surface area contributed by atoms with E-state index in [0.717, 1.165) is 12.0 Å². The van der Waals surface area contributed by atoms with E-state index in [-0.39, 0.29) is 17.3 Å². The zero-order valence-corrected chi connectivity index (χ0v) is 17.7. The summed E-state index contributed by atoms with van der Waals surface area (Å²) in [6.07, 6.45) is 1.20. The second-order valence-corrected chi connectivity index (χ2v) is 8.83. The maximum Gasteiger partial charge on any atom is 0.243 e. The Bertz CT molecular complexity index is 990. The molecule has 0 aliphatic carbocycles. The highest BCUT2D eigenvalue weighted by atomic mass is 32.2. The van der Waals surface area contributed by atoms with Crippen LogP contribution < -0.4 is 14.4 Å². The Morgan fingerprint density at radius 2 is 1.90 bits per heavy atom. The SMILES string of the molecule is CCOc1ccccc1CN(C)S(=O)(=O)c1ccc(OC)c(N2CCCC2=O)c1. The average Bonchev–Trinajstić information content (AvgIpc) is 3.14. The molecule has 1 fully saturated rings. The lowest BCUT2D eigenvalue weighted by Gasteiger charge is -2.22. The van der Waals surface area contributed by atoms with E-state index in [0.29, 0.717) is 36.8 Å². The molecule has 1 aliphatic heterocycles. The summed E-state index contributed by atoms with van der Waals surface area (Å²) in [4.78, 5) is 13.9. The third kappa shape index (κ3) is 4.38. The quantitative estimate of drug-likeness (QED) is 0.659. The van der Waals surface area contributed by atoms with E-state index in [2.05, 4.69) is 0 Å². The van der Waals surface area contributed by atoms with Crippen LogP contribution in [0, 0.1) is 0 Å². The van der Waals surface area contributed by atoms with Crippen molar-refractivity contribution >= 4 is 21.6 Å². The second-order valence-electron chi connectivity index (χ2n) is 6.78. The fraction of sp³-hybridized carbons (Fsp3) is 0.381. The molecule has 1 amide bonds. The molecule has 7 nitrogen and oxygen atoms in total. The number of hydrogen-bond donors (Lipinski definition) is 0. The molecule has 0 bridgehead atoms. The summed E-state index contributed by atoms with van der Waals surface area (Å²) in [5.41, 5.74) is 1.27. The highest BCUT2D eigenvalue weighted by Crippen LogP contribution is 2.34. The lowest BCUT2D eigenvalue weighted by Crippen LogP contribution is -2.28. The van der Waals surface area contributed by atoms with Crippen LogP contribution in [0.1, 0.15) is 25.3 Å². The van der Waals surface area contributed by atoms with Crippen molar-refractivity contribution in [1.82, 2.24) is 4.31 Å². The molecule has 0 spiro atoms. The molecule has 0 aromatic heterocycles. The van der Waals surface area contributed by atoms with Gasteiger partial charge in [0.05, 0.1) is 24.3 Å². The third-order valence-electron chi connectivity index (χ3n) is 4.89. The third-order valence-corrected chi connectivity index (χ3v) is 6.69. The van der Waals surface area contributed by atoms with E-state index < -0.39 is 10.0 Å². The van der Waals surface area contributed by atoms with Crippen LogP contribution in [0.25, 0.3) is 0 Å². The van der Waals surface area contributed by atoms with Crippen molar-refractivity contribution in [3.05, 3.63) is 48.0 Å². The van der Waals surface area contributed by atoms with Crippen molar-refractivity contribution in [2.75, 3.05) is 32.2 Å². The number of carbonyl (C=O) groups excluding carboxylic acids is 1. The first-order chi connectivity index (χ1) is 13.9. The van der Waals surface area contributed by atoms with Crippen molar-refractivity contribution < 1.29 is 22.7 Å². The number of methoxy groups -OCH3 is 1. The van der Waals surface area contributed by atoms with Crippen LogP contribution in [-0.2, 0) is 21.4 Å². The standard InChI is InChI=1S/C21H26N2O5S/c1-4-28-19-9-6-5-8-16(19)15-22(2)29(25,26)17-11-12-20(27-3)18(14-17)23-13-7-10-21(23)24/h5-6,8-9,11-12,14H,4,7,10,13,15H2,1-3H3. The Labute approximate surface area is 171 Å². The molecule has 2 aromatic carbocycles. The Morgan fingerprint density at radius 3 is 2.55 bits per heavy atom. The minimum absolute atomic E-state index is 0.0307. The lowest BCUT2D eigenvalue weighted by molar-refractivity contribution is -0.117. The molecule has 0 radical (unpaired) electrons. The number of nitrogens with zero attached hydrogens (tertiary/aromatic N) is 2. The Kier molecular flexibility index (Phi) is 6.44. The predicted molar refractivity (Wildman–Crippen MR) is 111 cm³/mol. The van der Waals surface area contributed by atoms with Crippen molar-refractivity contribution in [1.29, 1.82) is 0 Å². The van der Waals surface area contributed by atoms with E-state index in [1.54, 1.807) is 11.0 Å². The lowest BCUT2D eigenvalue weighted by atomic mass is 10.2. The zero-order chi connectivity index (χ0) is 21.0. The fourth-order valence-corrected chi connectivity index (χ4v) is 4.55. The van der Waals surface area contributed by atoms with Crippen LogP contribution in [0.2, 0.25) is 0 Å². The van der Waals surface area contributed by atoms with Gasteiger partial charge in [0.15, 0.2) is 0 Å². The second kappa shape index (κ2) is 8.84. The number of hydrogen-bond acceptors (Lipinski definition) is 5. The molecule has 156 valence electrons. The van der Waals surface area contributed by atoms with Gasteiger partial charge < -0.3 is 14.4 Å². The number of amides is 1. The summed E-state index contributed by atoms with van der Waals surface area (Å²) in [5.74, 6) is 1.11. The Balaban J connectivity index is 1.92. The first-order valence-corrected chi connectivity index (χ1v) is 11.0. The Morgan fingerprint density at radius 1 is 1.14 bits per heavy atom. The molecule has 1 saturated heterocycles. The van der Waals surface area contributed by atoms with Crippen molar-refractivity contribution in [2.24, 2.45) is 0 Å². The average molecular weight is 419 g/mol. The maximum atomic E-state index is 13.2. The number of rotatable bonds is 8. The number of ether oxygens (including phenoxy) is 2. The summed E-state index contributed by atoms with van der Waals surface area (Å²) in [5, 5.41) is 0. The van der Waals surface area contributed by atoms with E-state index >= 15 is 0 Å². The van der Waals surface area contributed by atoms with Gasteiger partial charge in [-0.1, -0.05) is 18.2 Å². The van der Waals surface area contributed by atoms with Crippen LogP contribution in [0.3, 0.4) is 0 Å². The topological polar surface area (TPSA) is 76.2 Å². The molecule has 0 unspecified atom stereocenters. The molecular weight excluding hydrogens is 392 g/mol. The van der Waals surface area contributed by atoms with E-state index in [1.807, 2.05) is 31.2 Å². The van der Waals surface area contributed by atoms with Crippen molar-refractivity contribution in [3.8, 4) is 11.5 Å². The van der Waals surface area contributed by atoms with Gasteiger partial charge in [-0.05, 0) is 37.6 Å². The zero-order valence-electron chi connectivity index (χ0n) is 16.9. The summed E-state index contributed by atoms with van der Waals surface area (Å²) in [7, 11) is -0.744. The van der Waals surface area contributed by atoms with Gasteiger partial charge in [-0.3, -0.25) is 4.79 Å². The van der Waals surface area contributed by atoms with Crippen LogP contribution in [-0.4, -0.2) is 45.9 Å². The summed E-state index contributed by atoms with van der Waals surface area (Å²) < 4.78 is 38.6. The van der Waals surface area contributed by atoms with Gasteiger partial charge in [-0.2, -0.15) is 4.31 Å². The number of benzene rings is 2. The number of anilines is 1. The minimum Gasteiger partial charge on any atom is -0.495 e. The molecule has 3 rings (SSSR count). The number of sulfonamides is 1. The summed E-state index contributed by atoms with van der Waals surface area (Å²) in [6.45, 7) is 3.10. The van der Waals surface area contributed by atoms with Crippen molar-refractivity contribution in [2.45, 2.75) is 31.2 Å². The van der Waals surface area contributed by atoms with Gasteiger partial charge in [0.25, 0.3) is 0 Å². The molecular formula is C21H26N2O5S. The van der Waals surface area contributed by atoms with Gasteiger partial charge in [0.1, 0.15) is 11.5 Å². The summed E-state index contributed by atoms with van der Waals surface area (Å²) in [6, 6.07) is 12.0. The van der Waals surface area contributed by atoms with Gasteiger partial charge in [0.2, 0.25) is 15.9 Å². The molecule has 0 saturated carbocycles. The van der Waals surface area contributed by atoms with Gasteiger partial charge in [0, 0.05) is 32.1 Å². The smallest absolute Gasteiger partial charge is 0.243 e. The molecule has 1 heterocycles. The van der Waals surface area contributed by atoms with E-state index in [4.69, 9.17) is 9.47 Å². The Hall–Kier alpha value is -2.58. The molecule has 2 aromatic rings. The fourth-order valence-electron chi connectivity index (χ4n) is 3.38. The van der Waals surface area contributed by atoms with Crippen LogP contribution in [0.5, 0.6) is 11.5 Å². The summed E-state index contributed by atoms with van der Waals surface area (Å²) >= 11 is 0. The molecule has 1 aliphatic rings. The normalized spacial score (nSPS) is 14.5. The van der Waals surface area contributed by atoms with Gasteiger partial charge in [-0.15, -0.1) is 0 Å². The number of para-hydroxylation sites is 1. The molecule has 0 atom stereocenters. The predicted octanol–water partition coefficient (Wildman–Crippen LogP) is 3.04. The number of carbonyl (C=O) groups is 1. The van der Waals surface area contributed by atoms with Crippen LogP contribution >= 0.6 is 0 Å². The van der Waals surface area contributed by atoms with Gasteiger partial charge >= 0.3 is 0 Å². The molecule has 29 heavy (non-hydrogen) atoms. The monoisotopic (exact) mass is 418 g/mol. The van der Waals surface area contributed by atoms with Crippen LogP contribution in [0.4, 0.5) is 5.69 Å². The first-order valence-electron chi connectivity index (χ1n) is 9.54. The highest BCUT2D eigenvalue weighted by Gasteiger charge is 2.28.